The third-order valence-corrected chi connectivity index (χ3v) is 8.60. The Hall–Kier alpha value is -3.75. The van der Waals surface area contributed by atoms with Crippen LogP contribution in [0, 0.1) is 0 Å². The lowest BCUT2D eigenvalue weighted by atomic mass is 9.97. The molecule has 0 bridgehead atoms. The molecular formula is C35H41ClN6O. The lowest BCUT2D eigenvalue weighted by Crippen LogP contribution is -2.40. The van der Waals surface area contributed by atoms with Gasteiger partial charge in [-0.15, -0.1) is 0 Å². The Morgan fingerprint density at radius 1 is 1.09 bits per heavy atom. The minimum absolute atomic E-state index is 0.162. The van der Waals surface area contributed by atoms with E-state index in [4.69, 9.17) is 22.3 Å². The van der Waals surface area contributed by atoms with Gasteiger partial charge >= 0.3 is 0 Å². The fourth-order valence-electron chi connectivity index (χ4n) is 5.64. The Bertz CT molecular complexity index is 1750. The van der Waals surface area contributed by atoms with Crippen LogP contribution in [0.1, 0.15) is 49.1 Å². The molecule has 4 aromatic rings. The molecule has 0 radical (unpaired) electrons. The first-order chi connectivity index (χ1) is 20.7. The second kappa shape index (κ2) is 13.7. The van der Waals surface area contributed by atoms with Crippen LogP contribution in [0.3, 0.4) is 0 Å². The first kappa shape index (κ1) is 30.7. The van der Waals surface area contributed by atoms with Crippen molar-refractivity contribution in [3.8, 4) is 11.3 Å². The highest BCUT2D eigenvalue weighted by Crippen LogP contribution is 2.36. The van der Waals surface area contributed by atoms with Gasteiger partial charge in [-0.2, -0.15) is 0 Å². The number of nitrogens with zero attached hydrogens (tertiary/aromatic N) is 3. The van der Waals surface area contributed by atoms with Crippen LogP contribution in [-0.4, -0.2) is 45.6 Å². The van der Waals surface area contributed by atoms with Gasteiger partial charge in [-0.3, -0.25) is 4.79 Å². The highest BCUT2D eigenvalue weighted by atomic mass is 35.5. The van der Waals surface area contributed by atoms with Gasteiger partial charge in [-0.1, -0.05) is 59.7 Å². The number of piperidine rings is 1. The maximum absolute atomic E-state index is 12.0. The zero-order valence-corrected chi connectivity index (χ0v) is 26.2. The number of nitrogens with one attached hydrogen (secondary N) is 2. The normalized spacial score (nSPS) is 14.8. The van der Waals surface area contributed by atoms with E-state index in [-0.39, 0.29) is 12.1 Å². The predicted molar refractivity (Wildman–Crippen MR) is 180 cm³/mol. The molecular weight excluding hydrogens is 556 g/mol. The molecule has 0 atom stereocenters. The fourth-order valence-corrected chi connectivity index (χ4v) is 5.97. The SMILES string of the molecule is CC(C)=C(/C=C\C=C\c1ccc(CN)c(=O)[nH]1)c1cccc(-c2ccc3c(CNC4CCN(C)CC4)cn(C)c3n2)c1Cl. The third-order valence-electron chi connectivity index (χ3n) is 8.19. The highest BCUT2D eigenvalue weighted by molar-refractivity contribution is 6.35. The Morgan fingerprint density at radius 3 is 2.60 bits per heavy atom. The standard InChI is InChI=1S/C35H41ClN6O/c1-23(2)28(9-6-5-8-27-13-12-24(20-37)35(43)39-27)30-10-7-11-31(33(30)36)32-15-14-29-25(22-42(4)34(29)40-32)21-38-26-16-18-41(3)19-17-26/h5-15,22,26,38H,16-21,37H2,1-4H3,(H,39,43)/b8-5+,9-6-. The van der Waals surface area contributed by atoms with Crippen molar-refractivity contribution in [3.63, 3.8) is 0 Å². The van der Waals surface area contributed by atoms with Crippen LogP contribution in [0.5, 0.6) is 0 Å². The predicted octanol–water partition coefficient (Wildman–Crippen LogP) is 6.29. The lowest BCUT2D eigenvalue weighted by Gasteiger charge is -2.29. The number of pyridine rings is 2. The zero-order chi connectivity index (χ0) is 30.5. The van der Waals surface area contributed by atoms with E-state index in [9.17, 15) is 4.79 Å². The second-order valence-electron chi connectivity index (χ2n) is 11.6. The van der Waals surface area contributed by atoms with Gasteiger partial charge in [0.05, 0.1) is 10.7 Å². The van der Waals surface area contributed by atoms with Gasteiger partial charge in [-0.25, -0.2) is 4.98 Å². The third kappa shape index (κ3) is 7.08. The van der Waals surface area contributed by atoms with Gasteiger partial charge in [0.2, 0.25) is 0 Å². The molecule has 1 fully saturated rings. The van der Waals surface area contributed by atoms with E-state index in [0.29, 0.717) is 22.3 Å². The average molecular weight is 597 g/mol. The van der Waals surface area contributed by atoms with Crippen molar-refractivity contribution in [2.45, 2.75) is 45.8 Å². The van der Waals surface area contributed by atoms with Crippen LogP contribution in [0.15, 0.2) is 77.3 Å². The molecule has 43 heavy (non-hydrogen) atoms. The van der Waals surface area contributed by atoms with Crippen molar-refractivity contribution in [2.24, 2.45) is 12.8 Å². The van der Waals surface area contributed by atoms with E-state index >= 15 is 0 Å². The molecule has 7 nitrogen and oxygen atoms in total. The number of likely N-dealkylation sites (tertiary alicyclic amines) is 1. The number of hydrogen-bond donors (Lipinski definition) is 3. The van der Waals surface area contributed by atoms with Crippen LogP contribution < -0.4 is 16.6 Å². The molecule has 4 N–H and O–H groups in total. The Labute approximate surface area is 258 Å². The minimum Gasteiger partial charge on any atom is -0.335 e. The van der Waals surface area contributed by atoms with E-state index in [1.54, 1.807) is 6.07 Å². The number of rotatable bonds is 9. The summed E-state index contributed by atoms with van der Waals surface area (Å²) in [6, 6.07) is 14.5. The second-order valence-corrected chi connectivity index (χ2v) is 11.9. The van der Waals surface area contributed by atoms with E-state index in [2.05, 4.69) is 66.0 Å². The molecule has 1 saturated heterocycles. The van der Waals surface area contributed by atoms with Crippen LogP contribution in [-0.2, 0) is 20.1 Å². The van der Waals surface area contributed by atoms with Crippen molar-refractivity contribution in [1.29, 1.82) is 0 Å². The fraction of sp³-hybridized carbons (Fsp3) is 0.314. The van der Waals surface area contributed by atoms with Crippen molar-refractivity contribution >= 4 is 34.3 Å². The number of nitrogens with two attached hydrogens (primary N) is 1. The van der Waals surface area contributed by atoms with E-state index in [0.717, 1.165) is 58.6 Å². The molecule has 1 aliphatic heterocycles. The number of aromatic nitrogens is 3. The number of allylic oxidation sites excluding steroid dienone is 5. The summed E-state index contributed by atoms with van der Waals surface area (Å²) in [5.74, 6) is 0. The number of aromatic amines is 1. The molecule has 0 aliphatic carbocycles. The van der Waals surface area contributed by atoms with Crippen LogP contribution in [0.25, 0.3) is 33.9 Å². The van der Waals surface area contributed by atoms with Gasteiger partial charge in [0.25, 0.3) is 5.56 Å². The summed E-state index contributed by atoms with van der Waals surface area (Å²) >= 11 is 7.08. The molecule has 224 valence electrons. The smallest absolute Gasteiger partial charge is 0.252 e. The quantitative estimate of drug-likeness (QED) is 0.198. The van der Waals surface area contributed by atoms with E-state index in [1.807, 2.05) is 48.6 Å². The topological polar surface area (TPSA) is 92.0 Å². The molecule has 0 saturated carbocycles. The van der Waals surface area contributed by atoms with Crippen LogP contribution >= 0.6 is 11.6 Å². The number of aryl methyl sites for hydroxylation is 1. The molecule has 8 heteroatoms. The highest BCUT2D eigenvalue weighted by Gasteiger charge is 2.18. The Kier molecular flexibility index (Phi) is 9.78. The number of H-pyrrole nitrogens is 1. The van der Waals surface area contributed by atoms with Gasteiger partial charge in [0, 0.05) is 60.1 Å². The molecule has 1 aliphatic rings. The van der Waals surface area contributed by atoms with E-state index in [1.165, 1.54) is 18.4 Å². The Balaban J connectivity index is 1.37. The summed E-state index contributed by atoms with van der Waals surface area (Å²) in [5.41, 5.74) is 13.8. The molecule has 0 spiro atoms. The van der Waals surface area contributed by atoms with Gasteiger partial charge in [0.1, 0.15) is 5.65 Å². The van der Waals surface area contributed by atoms with Crippen LogP contribution in [0.4, 0.5) is 0 Å². The molecule has 0 unspecified atom stereocenters. The monoisotopic (exact) mass is 596 g/mol. The lowest BCUT2D eigenvalue weighted by molar-refractivity contribution is 0.234. The van der Waals surface area contributed by atoms with Crippen LogP contribution in [0.2, 0.25) is 5.02 Å². The maximum atomic E-state index is 12.0. The number of benzene rings is 1. The Morgan fingerprint density at radius 2 is 1.88 bits per heavy atom. The largest absolute Gasteiger partial charge is 0.335 e. The summed E-state index contributed by atoms with van der Waals surface area (Å²) in [6.45, 7) is 7.49. The number of fused-ring (bicyclic) bond motifs is 1. The molecule has 0 amide bonds. The van der Waals surface area contributed by atoms with Crippen molar-refractivity contribution in [1.82, 2.24) is 24.8 Å². The van der Waals surface area contributed by atoms with Gasteiger partial charge in [-0.05, 0) is 82.2 Å². The summed E-state index contributed by atoms with van der Waals surface area (Å²) in [7, 11) is 4.25. The van der Waals surface area contributed by atoms with Crippen molar-refractivity contribution in [3.05, 3.63) is 110 Å². The number of halogens is 1. The summed E-state index contributed by atoms with van der Waals surface area (Å²) < 4.78 is 2.11. The van der Waals surface area contributed by atoms with Crippen molar-refractivity contribution in [2.75, 3.05) is 20.1 Å². The first-order valence-electron chi connectivity index (χ1n) is 14.9. The summed E-state index contributed by atoms with van der Waals surface area (Å²) in [5, 5.41) is 5.59. The van der Waals surface area contributed by atoms with Crippen molar-refractivity contribution < 1.29 is 0 Å². The maximum Gasteiger partial charge on any atom is 0.252 e. The summed E-state index contributed by atoms with van der Waals surface area (Å²) in [6.07, 6.45) is 12.3. The van der Waals surface area contributed by atoms with Gasteiger partial charge < -0.3 is 25.5 Å². The number of hydrogen-bond acceptors (Lipinski definition) is 5. The van der Waals surface area contributed by atoms with Gasteiger partial charge in [0.15, 0.2) is 0 Å². The summed E-state index contributed by atoms with van der Waals surface area (Å²) in [4.78, 5) is 22.3. The molecule has 3 aromatic heterocycles. The average Bonchev–Trinajstić information content (AvgIpc) is 3.31. The minimum atomic E-state index is -0.162. The molecule has 5 rings (SSSR count). The molecule has 1 aromatic carbocycles. The first-order valence-corrected chi connectivity index (χ1v) is 15.2. The molecule has 4 heterocycles. The zero-order valence-electron chi connectivity index (χ0n) is 25.5. The van der Waals surface area contributed by atoms with E-state index < -0.39 is 0 Å².